The van der Waals surface area contributed by atoms with E-state index >= 15 is 0 Å². The second-order valence-corrected chi connectivity index (χ2v) is 7.60. The van der Waals surface area contributed by atoms with E-state index in [2.05, 4.69) is 5.32 Å². The number of thiophene rings is 2. The Labute approximate surface area is 137 Å². The lowest BCUT2D eigenvalue weighted by Crippen LogP contribution is -2.38. The van der Waals surface area contributed by atoms with Crippen LogP contribution in [0.2, 0.25) is 0 Å². The van der Waals surface area contributed by atoms with Crippen molar-refractivity contribution in [2.45, 2.75) is 32.3 Å². The summed E-state index contributed by atoms with van der Waals surface area (Å²) < 4.78 is 0. The molecule has 118 valence electrons. The molecule has 2 aromatic heterocycles. The van der Waals surface area contributed by atoms with Crippen molar-refractivity contribution in [2.24, 2.45) is 0 Å². The molecule has 0 radical (unpaired) electrons. The molecule has 0 aromatic carbocycles. The summed E-state index contributed by atoms with van der Waals surface area (Å²) in [6.07, 6.45) is 0.323. The topological polar surface area (TPSA) is 66.4 Å². The van der Waals surface area contributed by atoms with E-state index in [1.807, 2.05) is 30.5 Å². The number of amides is 1. The highest BCUT2D eigenvalue weighted by Crippen LogP contribution is 2.24. The first-order valence-electron chi connectivity index (χ1n) is 7.01. The number of aryl methyl sites for hydroxylation is 1. The van der Waals surface area contributed by atoms with Gasteiger partial charge in [0.15, 0.2) is 5.78 Å². The number of aliphatic hydroxyl groups is 1. The molecule has 0 aliphatic heterocycles. The summed E-state index contributed by atoms with van der Waals surface area (Å²) >= 11 is 2.89. The van der Waals surface area contributed by atoms with Crippen LogP contribution in [0.3, 0.4) is 0 Å². The zero-order valence-corrected chi connectivity index (χ0v) is 14.2. The van der Waals surface area contributed by atoms with Crippen molar-refractivity contribution in [1.82, 2.24) is 5.32 Å². The zero-order valence-electron chi connectivity index (χ0n) is 12.6. The van der Waals surface area contributed by atoms with E-state index in [1.54, 1.807) is 13.0 Å². The summed E-state index contributed by atoms with van der Waals surface area (Å²) in [5.74, 6) is -0.239. The van der Waals surface area contributed by atoms with Crippen LogP contribution in [0.25, 0.3) is 0 Å². The molecule has 1 atom stereocenters. The van der Waals surface area contributed by atoms with Crippen LogP contribution in [0.4, 0.5) is 0 Å². The molecule has 22 heavy (non-hydrogen) atoms. The Kier molecular flexibility index (Phi) is 5.50. The molecule has 6 heteroatoms. The summed E-state index contributed by atoms with van der Waals surface area (Å²) in [4.78, 5) is 26.3. The molecule has 4 nitrogen and oxygen atoms in total. The number of hydrogen-bond acceptors (Lipinski definition) is 5. The van der Waals surface area contributed by atoms with Gasteiger partial charge in [0.1, 0.15) is 5.60 Å². The summed E-state index contributed by atoms with van der Waals surface area (Å²) in [5.41, 5.74) is -1.08. The average Bonchev–Trinajstić information content (AvgIpc) is 3.14. The standard InChI is InChI=1S/C16H19NO3S2/c1-11-5-7-13(22-11)12(18)6-8-15(19)17-10-16(2,20)14-4-3-9-21-14/h3-5,7,9,20H,6,8,10H2,1-2H3,(H,17,19). The quantitative estimate of drug-likeness (QED) is 0.763. The zero-order chi connectivity index (χ0) is 16.2. The van der Waals surface area contributed by atoms with Crippen molar-refractivity contribution >= 4 is 34.4 Å². The van der Waals surface area contributed by atoms with E-state index in [-0.39, 0.29) is 31.1 Å². The van der Waals surface area contributed by atoms with Gasteiger partial charge in [-0.15, -0.1) is 22.7 Å². The minimum atomic E-state index is -1.08. The smallest absolute Gasteiger partial charge is 0.220 e. The van der Waals surface area contributed by atoms with Crippen molar-refractivity contribution < 1.29 is 14.7 Å². The number of carbonyl (C=O) groups is 2. The monoisotopic (exact) mass is 337 g/mol. The van der Waals surface area contributed by atoms with Gasteiger partial charge in [-0.25, -0.2) is 0 Å². The molecule has 0 aliphatic rings. The lowest BCUT2D eigenvalue weighted by Gasteiger charge is -2.22. The lowest BCUT2D eigenvalue weighted by atomic mass is 10.1. The van der Waals surface area contributed by atoms with E-state index < -0.39 is 5.60 Å². The SMILES string of the molecule is Cc1ccc(C(=O)CCC(=O)NCC(C)(O)c2cccs2)s1. The van der Waals surface area contributed by atoms with E-state index in [4.69, 9.17) is 0 Å². The molecular formula is C16H19NO3S2. The van der Waals surface area contributed by atoms with E-state index in [9.17, 15) is 14.7 Å². The van der Waals surface area contributed by atoms with Crippen LogP contribution in [0.15, 0.2) is 29.6 Å². The Bertz CT molecular complexity index is 644. The van der Waals surface area contributed by atoms with E-state index in [1.165, 1.54) is 22.7 Å². The largest absolute Gasteiger partial charge is 0.383 e. The Morgan fingerprint density at radius 1 is 1.27 bits per heavy atom. The number of nitrogens with one attached hydrogen (secondary N) is 1. The first kappa shape index (κ1) is 16.9. The predicted molar refractivity (Wildman–Crippen MR) is 89.5 cm³/mol. The van der Waals surface area contributed by atoms with Crippen molar-refractivity contribution in [1.29, 1.82) is 0 Å². The number of Topliss-reactive ketones (excluding diaryl/α,β-unsaturated/α-hetero) is 1. The Morgan fingerprint density at radius 3 is 2.64 bits per heavy atom. The molecule has 0 aliphatic carbocycles. The molecule has 1 amide bonds. The summed E-state index contributed by atoms with van der Waals surface area (Å²) in [7, 11) is 0. The molecule has 0 bridgehead atoms. The van der Waals surface area contributed by atoms with Gasteiger partial charge in [-0.1, -0.05) is 6.07 Å². The van der Waals surface area contributed by atoms with Gasteiger partial charge in [0, 0.05) is 22.6 Å². The van der Waals surface area contributed by atoms with Crippen LogP contribution in [-0.4, -0.2) is 23.3 Å². The van der Waals surface area contributed by atoms with Crippen LogP contribution in [0, 0.1) is 6.92 Å². The number of rotatable bonds is 7. The molecule has 0 fully saturated rings. The van der Waals surface area contributed by atoms with Crippen LogP contribution in [-0.2, 0) is 10.4 Å². The van der Waals surface area contributed by atoms with Gasteiger partial charge in [-0.05, 0) is 37.4 Å². The normalized spacial score (nSPS) is 13.6. The van der Waals surface area contributed by atoms with Crippen LogP contribution < -0.4 is 5.32 Å². The first-order valence-corrected chi connectivity index (χ1v) is 8.71. The maximum atomic E-state index is 11.9. The van der Waals surface area contributed by atoms with Gasteiger partial charge in [0.25, 0.3) is 0 Å². The summed E-state index contributed by atoms with van der Waals surface area (Å²) in [5, 5.41) is 14.9. The molecule has 0 saturated heterocycles. The third kappa shape index (κ3) is 4.50. The van der Waals surface area contributed by atoms with Crippen molar-refractivity contribution in [3.63, 3.8) is 0 Å². The fourth-order valence-electron chi connectivity index (χ4n) is 1.97. The number of carbonyl (C=O) groups excluding carboxylic acids is 2. The highest BCUT2D eigenvalue weighted by Gasteiger charge is 2.24. The van der Waals surface area contributed by atoms with Crippen LogP contribution in [0.1, 0.15) is 39.2 Å². The molecule has 0 saturated carbocycles. The highest BCUT2D eigenvalue weighted by atomic mass is 32.1. The van der Waals surface area contributed by atoms with Gasteiger partial charge in [-0.2, -0.15) is 0 Å². The van der Waals surface area contributed by atoms with E-state index in [0.717, 1.165) is 9.75 Å². The van der Waals surface area contributed by atoms with Crippen LogP contribution >= 0.6 is 22.7 Å². The van der Waals surface area contributed by atoms with Gasteiger partial charge in [0.05, 0.1) is 11.4 Å². The van der Waals surface area contributed by atoms with Crippen molar-refractivity contribution in [3.05, 3.63) is 44.3 Å². The third-order valence-electron chi connectivity index (χ3n) is 3.28. The molecule has 1 unspecified atom stereocenters. The Balaban J connectivity index is 1.77. The first-order chi connectivity index (χ1) is 10.4. The minimum absolute atomic E-state index is 0.0155. The van der Waals surface area contributed by atoms with Crippen molar-refractivity contribution in [3.8, 4) is 0 Å². The average molecular weight is 337 g/mol. The second-order valence-electron chi connectivity index (χ2n) is 5.36. The van der Waals surface area contributed by atoms with Crippen LogP contribution in [0.5, 0.6) is 0 Å². The summed E-state index contributed by atoms with van der Waals surface area (Å²) in [6, 6.07) is 7.38. The number of hydrogen-bond donors (Lipinski definition) is 2. The fourth-order valence-corrected chi connectivity index (χ4v) is 3.59. The third-order valence-corrected chi connectivity index (χ3v) is 5.44. The number of ketones is 1. The van der Waals surface area contributed by atoms with Gasteiger partial charge in [0.2, 0.25) is 5.91 Å². The molecule has 2 aromatic rings. The second kappa shape index (κ2) is 7.17. The van der Waals surface area contributed by atoms with Gasteiger partial charge < -0.3 is 10.4 Å². The van der Waals surface area contributed by atoms with Crippen molar-refractivity contribution in [2.75, 3.05) is 6.54 Å². The molecule has 2 rings (SSSR count). The molecule has 2 heterocycles. The molecule has 0 spiro atoms. The maximum Gasteiger partial charge on any atom is 0.220 e. The Morgan fingerprint density at radius 2 is 2.05 bits per heavy atom. The highest BCUT2D eigenvalue weighted by molar-refractivity contribution is 7.14. The summed E-state index contributed by atoms with van der Waals surface area (Å²) in [6.45, 7) is 3.75. The molecular weight excluding hydrogens is 318 g/mol. The molecule has 2 N–H and O–H groups in total. The predicted octanol–water partition coefficient (Wildman–Crippen LogP) is 3.10. The van der Waals surface area contributed by atoms with E-state index in [0.29, 0.717) is 4.88 Å². The Hall–Kier alpha value is -1.50. The van der Waals surface area contributed by atoms with Gasteiger partial charge >= 0.3 is 0 Å². The minimum Gasteiger partial charge on any atom is -0.383 e. The maximum absolute atomic E-state index is 11.9. The lowest BCUT2D eigenvalue weighted by molar-refractivity contribution is -0.122. The van der Waals surface area contributed by atoms with Gasteiger partial charge in [-0.3, -0.25) is 9.59 Å². The fraction of sp³-hybridized carbons (Fsp3) is 0.375.